The monoisotopic (exact) mass is 511 g/mol. The lowest BCUT2D eigenvalue weighted by atomic mass is 10.0. The highest BCUT2D eigenvalue weighted by Crippen LogP contribution is 2.38. The van der Waals surface area contributed by atoms with Gasteiger partial charge in [-0.05, 0) is 53.7 Å². The molecule has 10 nitrogen and oxygen atoms in total. The molecule has 0 aliphatic carbocycles. The molecule has 3 rings (SSSR count). The topological polar surface area (TPSA) is 161 Å². The van der Waals surface area contributed by atoms with E-state index in [9.17, 15) is 19.5 Å². The van der Waals surface area contributed by atoms with Gasteiger partial charge in [-0.3, -0.25) is 19.3 Å². The van der Waals surface area contributed by atoms with Crippen molar-refractivity contribution in [2.45, 2.75) is 26.3 Å². The van der Waals surface area contributed by atoms with Crippen LogP contribution < -0.4 is 26.4 Å². The summed E-state index contributed by atoms with van der Waals surface area (Å²) in [6, 6.07) is 11.5. The average Bonchev–Trinajstić information content (AvgIpc) is 3.24. The van der Waals surface area contributed by atoms with Crippen LogP contribution in [0.4, 0.5) is 11.4 Å². The number of amides is 3. The third-order valence-electron chi connectivity index (χ3n) is 5.46. The van der Waals surface area contributed by atoms with Crippen LogP contribution in [0.15, 0.2) is 48.5 Å². The fourth-order valence-corrected chi connectivity index (χ4v) is 4.33. The Balaban J connectivity index is 2.20. The normalized spacial score (nSPS) is 11.7. The van der Waals surface area contributed by atoms with Gasteiger partial charge in [0.25, 0.3) is 11.8 Å². The summed E-state index contributed by atoms with van der Waals surface area (Å²) in [6.07, 6.45) is 0.737. The molecule has 1 heterocycles. The van der Waals surface area contributed by atoms with Crippen LogP contribution in [-0.2, 0) is 4.79 Å². The van der Waals surface area contributed by atoms with Gasteiger partial charge in [0.05, 0.1) is 18.5 Å². The first kappa shape index (κ1) is 26.5. The Kier molecular flexibility index (Phi) is 8.49. The van der Waals surface area contributed by atoms with Gasteiger partial charge in [0, 0.05) is 6.54 Å². The average molecular weight is 512 g/mol. The highest BCUT2D eigenvalue weighted by Gasteiger charge is 2.37. The van der Waals surface area contributed by atoms with Gasteiger partial charge in [-0.25, -0.2) is 0 Å². The number of benzene rings is 2. The second-order valence-corrected chi connectivity index (χ2v) is 9.23. The van der Waals surface area contributed by atoms with E-state index in [2.05, 4.69) is 9.69 Å². The molecule has 0 bridgehead atoms. The minimum absolute atomic E-state index is 0.00526. The molecule has 0 spiro atoms. The van der Waals surface area contributed by atoms with E-state index in [1.165, 1.54) is 24.1 Å². The van der Waals surface area contributed by atoms with E-state index in [1.807, 2.05) is 13.8 Å². The van der Waals surface area contributed by atoms with Crippen molar-refractivity contribution in [1.29, 1.82) is 0 Å². The van der Waals surface area contributed by atoms with Crippen LogP contribution in [0, 0.1) is 5.92 Å². The molecule has 11 heteroatoms. The molecule has 0 saturated carbocycles. The maximum absolute atomic E-state index is 14.0. The van der Waals surface area contributed by atoms with Gasteiger partial charge in [0.15, 0.2) is 5.69 Å². The number of ether oxygens (including phenoxy) is 1. The number of carbonyl (C=O) groups excluding carboxylic acids is 3. The molecule has 0 aliphatic heterocycles. The van der Waals surface area contributed by atoms with Gasteiger partial charge >= 0.3 is 0 Å². The Bertz CT molecular complexity index is 1240. The molecule has 6 N–H and O–H groups in total. The number of methoxy groups -OCH3 is 1. The van der Waals surface area contributed by atoms with Crippen LogP contribution in [0.25, 0.3) is 0 Å². The third-order valence-corrected chi connectivity index (χ3v) is 6.31. The summed E-state index contributed by atoms with van der Waals surface area (Å²) in [5.74, 6) is -1.28. The summed E-state index contributed by atoms with van der Waals surface area (Å²) in [4.78, 5) is 40.6. The summed E-state index contributed by atoms with van der Waals surface area (Å²) in [6.45, 7) is 4.47. The van der Waals surface area contributed by atoms with Crippen LogP contribution in [0.5, 0.6) is 11.5 Å². The quantitative estimate of drug-likeness (QED) is 0.325. The Hall–Kier alpha value is -4.12. The Labute approximate surface area is 213 Å². The van der Waals surface area contributed by atoms with Crippen LogP contribution in [0.3, 0.4) is 0 Å². The molecule has 3 aromatic rings. The number of carbonyl (C=O) groups is 3. The number of rotatable bonds is 10. The SMILES string of the molecule is COc1ccccc1N(C(=O)c1snc(C(N)=O)c1N)[C@@H](C(=O)NCCC(C)C)c1ccc(O)cc1. The lowest BCUT2D eigenvalue weighted by Crippen LogP contribution is -2.44. The molecule has 190 valence electrons. The van der Waals surface area contributed by atoms with Crippen LogP contribution in [-0.4, -0.2) is 40.9 Å². The van der Waals surface area contributed by atoms with E-state index in [0.29, 0.717) is 29.5 Å². The zero-order valence-electron chi connectivity index (χ0n) is 20.2. The maximum atomic E-state index is 14.0. The number of phenols is 1. The molecular formula is C25H29N5O5S. The van der Waals surface area contributed by atoms with Crippen molar-refractivity contribution < 1.29 is 24.2 Å². The van der Waals surface area contributed by atoms with Gasteiger partial charge in [-0.2, -0.15) is 4.37 Å². The van der Waals surface area contributed by atoms with E-state index in [1.54, 1.807) is 36.4 Å². The number of nitrogens with zero attached hydrogens (tertiary/aromatic N) is 2. The number of aromatic nitrogens is 1. The molecule has 0 aliphatic rings. The number of primary amides is 1. The fraction of sp³-hybridized carbons (Fsp3) is 0.280. The minimum atomic E-state index is -1.17. The Morgan fingerprint density at radius 3 is 2.39 bits per heavy atom. The summed E-state index contributed by atoms with van der Waals surface area (Å²) in [7, 11) is 1.45. The molecule has 0 unspecified atom stereocenters. The molecule has 0 fully saturated rings. The first-order valence-electron chi connectivity index (χ1n) is 11.2. The Morgan fingerprint density at radius 1 is 1.14 bits per heavy atom. The number of phenolic OH excluding ortho intramolecular Hbond substituents is 1. The molecule has 36 heavy (non-hydrogen) atoms. The lowest BCUT2D eigenvalue weighted by Gasteiger charge is -2.32. The molecule has 3 amide bonds. The standard InChI is InChI=1S/C25H29N5O5S/c1-14(2)12-13-28-24(33)21(15-8-10-16(31)11-9-15)30(17-6-4-5-7-18(17)35-3)25(34)22-19(26)20(23(27)32)29-36-22/h4-11,14,21,31H,12-13,26H2,1-3H3,(H2,27,32)(H,28,33)/t21-/m1/s1. The van der Waals surface area contributed by atoms with Crippen molar-refractivity contribution in [3.8, 4) is 11.5 Å². The number of anilines is 2. The van der Waals surface area contributed by atoms with Crippen LogP contribution >= 0.6 is 11.5 Å². The highest BCUT2D eigenvalue weighted by molar-refractivity contribution is 7.09. The third kappa shape index (κ3) is 5.74. The highest BCUT2D eigenvalue weighted by atomic mass is 32.1. The smallest absolute Gasteiger partial charge is 0.273 e. The van der Waals surface area contributed by atoms with Gasteiger partial charge in [-0.1, -0.05) is 38.1 Å². The summed E-state index contributed by atoms with van der Waals surface area (Å²) >= 11 is 0.718. The molecule has 1 aromatic heterocycles. The number of aromatic hydroxyl groups is 1. The second-order valence-electron chi connectivity index (χ2n) is 8.45. The zero-order valence-corrected chi connectivity index (χ0v) is 21.0. The predicted octanol–water partition coefficient (Wildman–Crippen LogP) is 3.09. The zero-order chi connectivity index (χ0) is 26.4. The van der Waals surface area contributed by atoms with Crippen molar-refractivity contribution in [1.82, 2.24) is 9.69 Å². The summed E-state index contributed by atoms with van der Waals surface area (Å²) < 4.78 is 9.44. The molecule has 2 aromatic carbocycles. The van der Waals surface area contributed by atoms with Gasteiger partial charge in [-0.15, -0.1) is 0 Å². The largest absolute Gasteiger partial charge is 0.508 e. The number of hydrogen-bond acceptors (Lipinski definition) is 8. The van der Waals surface area contributed by atoms with E-state index in [4.69, 9.17) is 16.2 Å². The van der Waals surface area contributed by atoms with E-state index >= 15 is 0 Å². The van der Waals surface area contributed by atoms with E-state index in [0.717, 1.165) is 18.0 Å². The van der Waals surface area contributed by atoms with Gasteiger partial charge < -0.3 is 26.6 Å². The van der Waals surface area contributed by atoms with Crippen molar-refractivity contribution >= 4 is 40.6 Å². The van der Waals surface area contributed by atoms with Crippen molar-refractivity contribution in [3.05, 3.63) is 64.7 Å². The minimum Gasteiger partial charge on any atom is -0.508 e. The van der Waals surface area contributed by atoms with Gasteiger partial charge in [0.1, 0.15) is 22.4 Å². The van der Waals surface area contributed by atoms with Crippen molar-refractivity contribution in [2.24, 2.45) is 11.7 Å². The van der Waals surface area contributed by atoms with Crippen LogP contribution in [0.1, 0.15) is 52.0 Å². The van der Waals surface area contributed by atoms with Gasteiger partial charge in [0.2, 0.25) is 5.91 Å². The number of para-hydroxylation sites is 2. The number of nitrogens with two attached hydrogens (primary N) is 2. The lowest BCUT2D eigenvalue weighted by molar-refractivity contribution is -0.122. The second kappa shape index (κ2) is 11.5. The first-order chi connectivity index (χ1) is 17.1. The number of nitrogens with one attached hydrogen (secondary N) is 1. The van der Waals surface area contributed by atoms with E-state index < -0.39 is 23.8 Å². The van der Waals surface area contributed by atoms with E-state index in [-0.39, 0.29) is 22.0 Å². The Morgan fingerprint density at radius 2 is 1.81 bits per heavy atom. The molecule has 1 atom stereocenters. The van der Waals surface area contributed by atoms with Crippen molar-refractivity contribution in [2.75, 3.05) is 24.3 Å². The molecule has 0 saturated heterocycles. The maximum Gasteiger partial charge on any atom is 0.273 e. The number of hydrogen-bond donors (Lipinski definition) is 4. The predicted molar refractivity (Wildman–Crippen MR) is 138 cm³/mol. The number of nitrogen functional groups attached to an aromatic ring is 1. The van der Waals surface area contributed by atoms with Crippen molar-refractivity contribution in [3.63, 3.8) is 0 Å². The fourth-order valence-electron chi connectivity index (χ4n) is 3.59. The summed E-state index contributed by atoms with van der Waals surface area (Å²) in [5.41, 5.74) is 11.8. The summed E-state index contributed by atoms with van der Waals surface area (Å²) in [5, 5.41) is 12.7. The molecule has 0 radical (unpaired) electrons. The van der Waals surface area contributed by atoms with Crippen LogP contribution in [0.2, 0.25) is 0 Å². The molecular weight excluding hydrogens is 482 g/mol. The first-order valence-corrected chi connectivity index (χ1v) is 12.0.